The van der Waals surface area contributed by atoms with E-state index in [1.807, 2.05) is 0 Å². The van der Waals surface area contributed by atoms with Crippen LogP contribution in [-0.4, -0.2) is 57.2 Å². The van der Waals surface area contributed by atoms with E-state index < -0.39 is 11.9 Å². The second kappa shape index (κ2) is 8.06. The summed E-state index contributed by atoms with van der Waals surface area (Å²) in [6.45, 7) is 0.608. The number of methoxy groups -OCH3 is 1. The van der Waals surface area contributed by atoms with Crippen LogP contribution >= 0.6 is 0 Å². The highest BCUT2D eigenvalue weighted by Gasteiger charge is 2.19. The lowest BCUT2D eigenvalue weighted by Gasteiger charge is -2.20. The van der Waals surface area contributed by atoms with Gasteiger partial charge in [0.25, 0.3) is 0 Å². The zero-order valence-corrected chi connectivity index (χ0v) is 10.1. The molecule has 0 bridgehead atoms. The van der Waals surface area contributed by atoms with Crippen LogP contribution in [0.1, 0.15) is 12.8 Å². The van der Waals surface area contributed by atoms with E-state index >= 15 is 0 Å². The molecule has 0 saturated carbocycles. The van der Waals surface area contributed by atoms with Gasteiger partial charge in [0.05, 0.1) is 12.6 Å². The van der Waals surface area contributed by atoms with Gasteiger partial charge in [0.15, 0.2) is 0 Å². The van der Waals surface area contributed by atoms with Crippen molar-refractivity contribution in [2.45, 2.75) is 18.9 Å². The van der Waals surface area contributed by atoms with Gasteiger partial charge in [0.2, 0.25) is 5.91 Å². The summed E-state index contributed by atoms with van der Waals surface area (Å²) in [5, 5.41) is 0. The zero-order chi connectivity index (χ0) is 12.6. The quantitative estimate of drug-likeness (QED) is 0.445. The van der Waals surface area contributed by atoms with E-state index in [2.05, 4.69) is 0 Å². The van der Waals surface area contributed by atoms with Crippen molar-refractivity contribution in [2.24, 2.45) is 5.73 Å². The summed E-state index contributed by atoms with van der Waals surface area (Å²) in [5.41, 5.74) is 5.19. The van der Waals surface area contributed by atoms with Crippen molar-refractivity contribution in [1.82, 2.24) is 4.90 Å². The third-order valence-corrected chi connectivity index (χ3v) is 2.12. The van der Waals surface area contributed by atoms with Crippen molar-refractivity contribution in [1.29, 1.82) is 0 Å². The van der Waals surface area contributed by atoms with Gasteiger partial charge in [0.1, 0.15) is 6.61 Å². The highest BCUT2D eigenvalue weighted by Crippen LogP contribution is 2.04. The maximum Gasteiger partial charge on any atom is 0.305 e. The molecule has 0 rings (SSSR count). The van der Waals surface area contributed by atoms with Gasteiger partial charge in [-0.15, -0.1) is 0 Å². The van der Waals surface area contributed by atoms with E-state index in [4.69, 9.17) is 15.2 Å². The average molecular weight is 232 g/mol. The minimum atomic E-state index is -0.435. The lowest BCUT2D eigenvalue weighted by Crippen LogP contribution is -2.40. The number of carbonyl (C=O) groups is 2. The van der Waals surface area contributed by atoms with E-state index in [0.29, 0.717) is 13.0 Å². The van der Waals surface area contributed by atoms with Gasteiger partial charge in [-0.25, -0.2) is 0 Å². The summed E-state index contributed by atoms with van der Waals surface area (Å²) >= 11 is 0. The lowest BCUT2D eigenvalue weighted by atomic mass is 10.1. The number of hydrogen-bond donors (Lipinski definition) is 1. The molecular weight excluding hydrogens is 212 g/mol. The second-order valence-electron chi connectivity index (χ2n) is 3.63. The fraction of sp³-hybridized carbons (Fsp3) is 0.800. The first-order valence-electron chi connectivity index (χ1n) is 5.09. The number of nitrogens with zero attached hydrogens (tertiary/aromatic N) is 1. The van der Waals surface area contributed by atoms with Gasteiger partial charge in [-0.3, -0.25) is 14.5 Å². The molecule has 0 fully saturated rings. The Kier molecular flexibility index (Phi) is 7.49. The fourth-order valence-corrected chi connectivity index (χ4v) is 1.22. The summed E-state index contributed by atoms with van der Waals surface area (Å²) in [6.07, 6.45) is 0.545. The highest BCUT2D eigenvalue weighted by atomic mass is 16.6. The van der Waals surface area contributed by atoms with Crippen LogP contribution in [0.5, 0.6) is 0 Å². The third-order valence-electron chi connectivity index (χ3n) is 2.12. The number of likely N-dealkylation sites (N-methyl/N-ethyl adjacent to an activating group) is 1. The molecule has 0 aliphatic heterocycles. The van der Waals surface area contributed by atoms with Crippen LogP contribution in [0.2, 0.25) is 0 Å². The van der Waals surface area contributed by atoms with Crippen LogP contribution in [-0.2, 0) is 19.1 Å². The molecule has 0 aliphatic carbocycles. The molecule has 16 heavy (non-hydrogen) atoms. The minimum Gasteiger partial charge on any atom is -0.463 e. The largest absolute Gasteiger partial charge is 0.463 e. The Bertz CT molecular complexity index is 231. The number of esters is 1. The van der Waals surface area contributed by atoms with Crippen molar-refractivity contribution < 1.29 is 19.1 Å². The number of carbonyl (C=O) groups excluding carboxylic acids is 2. The Hall–Kier alpha value is -1.14. The summed E-state index contributed by atoms with van der Waals surface area (Å²) in [5.74, 6) is -0.778. The number of ether oxygens (including phenoxy) is 2. The molecule has 0 aliphatic rings. The second-order valence-corrected chi connectivity index (χ2v) is 3.63. The maximum atomic E-state index is 11.2. The normalized spacial score (nSPS) is 12.5. The average Bonchev–Trinajstić information content (AvgIpc) is 2.17. The lowest BCUT2D eigenvalue weighted by molar-refractivity contribution is -0.145. The van der Waals surface area contributed by atoms with Crippen molar-refractivity contribution in [2.75, 3.05) is 34.4 Å². The Morgan fingerprint density at radius 1 is 1.31 bits per heavy atom. The Balaban J connectivity index is 3.83. The molecule has 6 heteroatoms. The highest BCUT2D eigenvalue weighted by molar-refractivity contribution is 5.80. The zero-order valence-electron chi connectivity index (χ0n) is 10.1. The molecule has 94 valence electrons. The summed E-state index contributed by atoms with van der Waals surface area (Å²) in [7, 11) is 5.01. The van der Waals surface area contributed by atoms with Crippen LogP contribution in [0.25, 0.3) is 0 Å². The number of primary amides is 1. The minimum absolute atomic E-state index is 0.176. The van der Waals surface area contributed by atoms with E-state index in [1.54, 1.807) is 19.0 Å². The molecule has 2 N–H and O–H groups in total. The van der Waals surface area contributed by atoms with Crippen molar-refractivity contribution in [3.05, 3.63) is 0 Å². The first kappa shape index (κ1) is 14.9. The van der Waals surface area contributed by atoms with E-state index in [0.717, 1.165) is 0 Å². The van der Waals surface area contributed by atoms with E-state index in [1.165, 1.54) is 7.11 Å². The standard InChI is InChI=1S/C10H20N2O4/c1-12(2)8(10(11)14)4-5-9(13)16-7-6-15-3/h8H,4-7H2,1-3H3,(H2,11,14)/t8-/m0/s1. The van der Waals surface area contributed by atoms with Crippen LogP contribution in [0.4, 0.5) is 0 Å². The van der Waals surface area contributed by atoms with Gasteiger partial charge in [0, 0.05) is 13.5 Å². The fourth-order valence-electron chi connectivity index (χ4n) is 1.22. The third kappa shape index (κ3) is 6.36. The van der Waals surface area contributed by atoms with Gasteiger partial charge >= 0.3 is 5.97 Å². The van der Waals surface area contributed by atoms with Crippen LogP contribution in [0.15, 0.2) is 0 Å². The van der Waals surface area contributed by atoms with E-state index in [-0.39, 0.29) is 19.0 Å². The summed E-state index contributed by atoms with van der Waals surface area (Å²) < 4.78 is 9.59. The molecule has 0 aromatic heterocycles. The molecule has 0 spiro atoms. The monoisotopic (exact) mass is 232 g/mol. The number of amides is 1. The first-order valence-corrected chi connectivity index (χ1v) is 5.09. The van der Waals surface area contributed by atoms with Gasteiger partial charge < -0.3 is 15.2 Å². The smallest absolute Gasteiger partial charge is 0.305 e. The maximum absolute atomic E-state index is 11.2. The Morgan fingerprint density at radius 2 is 1.94 bits per heavy atom. The van der Waals surface area contributed by atoms with Gasteiger partial charge in [-0.2, -0.15) is 0 Å². The molecule has 1 atom stereocenters. The molecule has 0 unspecified atom stereocenters. The predicted octanol–water partition coefficient (Wildman–Crippen LogP) is -0.628. The number of rotatable bonds is 8. The molecule has 0 aromatic rings. The van der Waals surface area contributed by atoms with Crippen molar-refractivity contribution >= 4 is 11.9 Å². The van der Waals surface area contributed by atoms with Gasteiger partial charge in [-0.05, 0) is 20.5 Å². The van der Waals surface area contributed by atoms with Crippen LogP contribution in [0.3, 0.4) is 0 Å². The topological polar surface area (TPSA) is 81.9 Å². The molecule has 0 radical (unpaired) electrons. The van der Waals surface area contributed by atoms with Crippen LogP contribution < -0.4 is 5.73 Å². The molecule has 1 amide bonds. The predicted molar refractivity (Wildman–Crippen MR) is 58.7 cm³/mol. The molecular formula is C10H20N2O4. The summed E-state index contributed by atoms with van der Waals surface area (Å²) in [4.78, 5) is 23.9. The molecule has 0 heterocycles. The van der Waals surface area contributed by atoms with Crippen molar-refractivity contribution in [3.63, 3.8) is 0 Å². The first-order chi connectivity index (χ1) is 7.49. The van der Waals surface area contributed by atoms with E-state index in [9.17, 15) is 9.59 Å². The molecule has 6 nitrogen and oxygen atoms in total. The van der Waals surface area contributed by atoms with Gasteiger partial charge in [-0.1, -0.05) is 0 Å². The van der Waals surface area contributed by atoms with Crippen molar-refractivity contribution in [3.8, 4) is 0 Å². The SMILES string of the molecule is COCCOC(=O)CC[C@@H](C(N)=O)N(C)C. The number of hydrogen-bond acceptors (Lipinski definition) is 5. The molecule has 0 aromatic carbocycles. The number of nitrogens with two attached hydrogens (primary N) is 1. The molecule has 0 saturated heterocycles. The Morgan fingerprint density at radius 3 is 2.38 bits per heavy atom. The Labute approximate surface area is 95.7 Å². The van der Waals surface area contributed by atoms with Crippen LogP contribution in [0, 0.1) is 0 Å². The summed E-state index contributed by atoms with van der Waals surface area (Å²) in [6, 6.07) is -0.435.